The molecular weight excluding hydrogens is 432 g/mol. The highest BCUT2D eigenvalue weighted by molar-refractivity contribution is 6.01. The minimum atomic E-state index is -0.495. The molecule has 0 saturated heterocycles. The number of aliphatic imine (C=N–C) groups is 1. The fourth-order valence-electron chi connectivity index (χ4n) is 3.69. The Bertz CT molecular complexity index is 1350. The monoisotopic (exact) mass is 458 g/mol. The Morgan fingerprint density at radius 3 is 1.91 bits per heavy atom. The molecule has 34 heavy (non-hydrogen) atoms. The van der Waals surface area contributed by atoms with Crippen LogP contribution in [0.4, 0.5) is 0 Å². The first-order chi connectivity index (χ1) is 16.5. The van der Waals surface area contributed by atoms with E-state index in [0.717, 1.165) is 27.0 Å². The zero-order valence-electron chi connectivity index (χ0n) is 19.1. The lowest BCUT2D eigenvalue weighted by Crippen LogP contribution is -2.29. The van der Waals surface area contributed by atoms with Gasteiger partial charge in [-0.15, -0.1) is 0 Å². The van der Waals surface area contributed by atoms with Gasteiger partial charge in [-0.25, -0.2) is 23.5 Å². The highest BCUT2D eigenvalue weighted by Gasteiger charge is 2.19. The van der Waals surface area contributed by atoms with Crippen LogP contribution in [0.5, 0.6) is 0 Å². The van der Waals surface area contributed by atoms with Crippen molar-refractivity contribution in [1.29, 1.82) is 0 Å². The van der Waals surface area contributed by atoms with E-state index in [9.17, 15) is 9.59 Å². The maximum Gasteiger partial charge on any atom is 0.352 e. The molecule has 2 aromatic heterocycles. The average Bonchev–Trinajstić information content (AvgIpc) is 3.29. The van der Waals surface area contributed by atoms with Crippen LogP contribution in [-0.2, 0) is 19.6 Å². The number of hydrogen-bond donors (Lipinski definition) is 1. The van der Waals surface area contributed by atoms with Crippen LogP contribution >= 0.6 is 0 Å². The maximum absolute atomic E-state index is 13.4. The van der Waals surface area contributed by atoms with Crippen molar-refractivity contribution in [3.63, 3.8) is 0 Å². The standard InChI is InChI=1S/C25H26N6O3/c1-18-23(19(2)34-28-18)15-27-14-22(13-26)31-24(32)29(16-20-9-5-3-6-10-20)30(25(31)33)17-21-11-7-4-8-12-21/h3-14H,15-17,26H2,1-2H3. The van der Waals surface area contributed by atoms with Gasteiger partial charge in [0.25, 0.3) is 0 Å². The molecule has 4 aromatic rings. The number of rotatable bonds is 8. The van der Waals surface area contributed by atoms with Crippen LogP contribution < -0.4 is 17.1 Å². The summed E-state index contributed by atoms with van der Waals surface area (Å²) >= 11 is 0. The van der Waals surface area contributed by atoms with E-state index in [1.807, 2.05) is 67.6 Å². The summed E-state index contributed by atoms with van der Waals surface area (Å²) in [4.78, 5) is 31.2. The predicted octanol–water partition coefficient (Wildman–Crippen LogP) is 2.54. The SMILES string of the molecule is Cc1noc(C)c1CN=CC(=CN)n1c(=O)n(Cc2ccccc2)n(Cc2ccccc2)c1=O. The second-order valence-electron chi connectivity index (χ2n) is 7.85. The van der Waals surface area contributed by atoms with Crippen LogP contribution in [0.25, 0.3) is 5.70 Å². The normalized spacial score (nSPS) is 12.0. The van der Waals surface area contributed by atoms with E-state index in [4.69, 9.17) is 10.3 Å². The number of nitrogens with two attached hydrogens (primary N) is 1. The van der Waals surface area contributed by atoms with Gasteiger partial charge in [-0.2, -0.15) is 0 Å². The molecule has 0 amide bonds. The molecule has 0 aliphatic rings. The minimum Gasteiger partial charge on any atom is -0.403 e. The Hall–Kier alpha value is -4.40. The molecule has 0 radical (unpaired) electrons. The van der Waals surface area contributed by atoms with Crippen LogP contribution in [0, 0.1) is 13.8 Å². The smallest absolute Gasteiger partial charge is 0.352 e. The first-order valence-electron chi connectivity index (χ1n) is 10.8. The lowest BCUT2D eigenvalue weighted by atomic mass is 10.2. The Balaban J connectivity index is 1.74. The summed E-state index contributed by atoms with van der Waals surface area (Å²) in [5.41, 5.74) is 8.41. The summed E-state index contributed by atoms with van der Waals surface area (Å²) < 4.78 is 9.06. The van der Waals surface area contributed by atoms with Gasteiger partial charge in [-0.05, 0) is 25.0 Å². The van der Waals surface area contributed by atoms with Crippen LogP contribution in [0.3, 0.4) is 0 Å². The molecule has 0 unspecified atom stereocenters. The first-order valence-corrected chi connectivity index (χ1v) is 10.8. The summed E-state index contributed by atoms with van der Waals surface area (Å²) in [7, 11) is 0. The number of nitrogens with zero attached hydrogens (tertiary/aromatic N) is 5. The average molecular weight is 459 g/mol. The third-order valence-electron chi connectivity index (χ3n) is 5.55. The summed E-state index contributed by atoms with van der Waals surface area (Å²) in [6, 6.07) is 19.0. The highest BCUT2D eigenvalue weighted by Crippen LogP contribution is 2.13. The molecule has 174 valence electrons. The Morgan fingerprint density at radius 2 is 1.47 bits per heavy atom. The fraction of sp³-hybridized carbons (Fsp3) is 0.200. The van der Waals surface area contributed by atoms with Crippen LogP contribution in [0.15, 0.2) is 86.0 Å². The predicted molar refractivity (Wildman–Crippen MR) is 131 cm³/mol. The van der Waals surface area contributed by atoms with E-state index < -0.39 is 11.4 Å². The molecule has 2 heterocycles. The van der Waals surface area contributed by atoms with Gasteiger partial charge in [-0.1, -0.05) is 65.8 Å². The van der Waals surface area contributed by atoms with Gasteiger partial charge in [-0.3, -0.25) is 4.99 Å². The molecule has 9 nitrogen and oxygen atoms in total. The molecule has 2 aromatic carbocycles. The number of aryl methyl sites for hydroxylation is 2. The van der Waals surface area contributed by atoms with Crippen molar-refractivity contribution in [1.82, 2.24) is 19.1 Å². The lowest BCUT2D eigenvalue weighted by Gasteiger charge is -2.09. The molecule has 4 rings (SSSR count). The Morgan fingerprint density at radius 1 is 0.941 bits per heavy atom. The molecule has 0 aliphatic heterocycles. The molecule has 0 fully saturated rings. The highest BCUT2D eigenvalue weighted by atomic mass is 16.5. The summed E-state index contributed by atoms with van der Waals surface area (Å²) in [5.74, 6) is 0.671. The Labute approximate surface area is 196 Å². The van der Waals surface area contributed by atoms with Crippen molar-refractivity contribution in [2.75, 3.05) is 0 Å². The zero-order valence-corrected chi connectivity index (χ0v) is 19.1. The number of allylic oxidation sites excluding steroid dienone is 1. The third-order valence-corrected chi connectivity index (χ3v) is 5.55. The number of benzene rings is 2. The van der Waals surface area contributed by atoms with E-state index >= 15 is 0 Å². The molecule has 0 aliphatic carbocycles. The topological polar surface area (TPSA) is 113 Å². The number of aromatic nitrogens is 4. The quantitative estimate of drug-likeness (QED) is 0.408. The van der Waals surface area contributed by atoms with Crippen LogP contribution in [0.2, 0.25) is 0 Å². The minimum absolute atomic E-state index is 0.190. The van der Waals surface area contributed by atoms with Gasteiger partial charge in [0.2, 0.25) is 0 Å². The van der Waals surface area contributed by atoms with Gasteiger partial charge in [0, 0.05) is 18.0 Å². The molecule has 0 atom stereocenters. The van der Waals surface area contributed by atoms with E-state index in [1.165, 1.54) is 21.8 Å². The second kappa shape index (κ2) is 10.0. The van der Waals surface area contributed by atoms with Crippen LogP contribution in [-0.4, -0.2) is 25.3 Å². The lowest BCUT2D eigenvalue weighted by molar-refractivity contribution is 0.392. The zero-order chi connectivity index (χ0) is 24.1. The van der Waals surface area contributed by atoms with Crippen molar-refractivity contribution < 1.29 is 4.52 Å². The van der Waals surface area contributed by atoms with Gasteiger partial charge in [0.1, 0.15) is 5.76 Å². The third kappa shape index (κ3) is 4.68. The van der Waals surface area contributed by atoms with E-state index in [2.05, 4.69) is 10.1 Å². The summed E-state index contributed by atoms with van der Waals surface area (Å²) in [6.07, 6.45) is 2.63. The molecule has 0 bridgehead atoms. The van der Waals surface area contributed by atoms with Crippen molar-refractivity contribution >= 4 is 11.9 Å². The molecule has 0 spiro atoms. The largest absolute Gasteiger partial charge is 0.403 e. The molecular formula is C25H26N6O3. The van der Waals surface area contributed by atoms with E-state index in [0.29, 0.717) is 5.76 Å². The fourth-order valence-corrected chi connectivity index (χ4v) is 3.69. The van der Waals surface area contributed by atoms with Gasteiger partial charge in [0.05, 0.1) is 31.0 Å². The van der Waals surface area contributed by atoms with Gasteiger partial charge < -0.3 is 10.3 Å². The molecule has 9 heteroatoms. The van der Waals surface area contributed by atoms with Crippen LogP contribution in [0.1, 0.15) is 28.1 Å². The summed E-state index contributed by atoms with van der Waals surface area (Å²) in [5, 5.41) is 3.92. The maximum atomic E-state index is 13.4. The molecule has 2 N–H and O–H groups in total. The van der Waals surface area contributed by atoms with Crippen molar-refractivity contribution in [2.24, 2.45) is 10.7 Å². The van der Waals surface area contributed by atoms with E-state index in [-0.39, 0.29) is 25.3 Å². The molecule has 0 saturated carbocycles. The first kappa shape index (κ1) is 22.8. The second-order valence-corrected chi connectivity index (χ2v) is 7.85. The van der Waals surface area contributed by atoms with Gasteiger partial charge in [0.15, 0.2) is 0 Å². The van der Waals surface area contributed by atoms with Crippen molar-refractivity contribution in [3.8, 4) is 0 Å². The Kier molecular flexibility index (Phi) is 6.72. The van der Waals surface area contributed by atoms with Crippen molar-refractivity contribution in [3.05, 3.63) is 116 Å². The van der Waals surface area contributed by atoms with E-state index in [1.54, 1.807) is 6.92 Å². The number of hydrogen-bond acceptors (Lipinski definition) is 6. The van der Waals surface area contributed by atoms with Gasteiger partial charge >= 0.3 is 11.4 Å². The summed E-state index contributed by atoms with van der Waals surface area (Å²) in [6.45, 7) is 4.40. The van der Waals surface area contributed by atoms with Crippen molar-refractivity contribution in [2.45, 2.75) is 33.5 Å².